The molecular weight excluding hydrogens is 469 g/mol. The van der Waals surface area contributed by atoms with Crippen molar-refractivity contribution in [2.24, 2.45) is 0 Å². The minimum atomic E-state index is -0.282. The Morgan fingerprint density at radius 2 is 1.78 bits per heavy atom. The van der Waals surface area contributed by atoms with Gasteiger partial charge in [0.05, 0.1) is 16.8 Å². The summed E-state index contributed by atoms with van der Waals surface area (Å²) in [5, 5.41) is 8.95. The van der Waals surface area contributed by atoms with Crippen molar-refractivity contribution in [3.63, 3.8) is 0 Å². The Labute approximate surface area is 218 Å². The topological polar surface area (TPSA) is 79.2 Å². The van der Waals surface area contributed by atoms with Gasteiger partial charge in [-0.05, 0) is 50.5 Å². The third-order valence-electron chi connectivity index (χ3n) is 7.73. The Kier molecular flexibility index (Phi) is 7.58. The first-order valence-corrected chi connectivity index (χ1v) is 13.8. The minimum absolute atomic E-state index is 0.0527. The summed E-state index contributed by atoms with van der Waals surface area (Å²) in [5.41, 5.74) is 2.34. The highest BCUT2D eigenvalue weighted by molar-refractivity contribution is 5.91. The molecule has 3 aromatic rings. The molecule has 9 heteroatoms. The molecule has 0 bridgehead atoms. The summed E-state index contributed by atoms with van der Waals surface area (Å²) in [7, 11) is 0. The Bertz CT molecular complexity index is 1230. The standard InChI is InChI=1S/C28H38FN7O/c1-4-8-19(2)25-31-26(24-20(3)33-36(27(24)32-25)23-13-11-21(29)12-14-23)34-15-17-35(18-16-34)28(37)30-22-9-6-5-7-10-22/h11-14,19,22H,4-10,15-18H2,1-3H3,(H,30,37)/t19-/m1/s1. The number of hydrogen-bond donors (Lipinski definition) is 1. The molecule has 3 heterocycles. The number of amides is 2. The molecule has 2 aromatic heterocycles. The van der Waals surface area contributed by atoms with E-state index in [0.717, 1.165) is 59.7 Å². The van der Waals surface area contributed by atoms with E-state index in [9.17, 15) is 9.18 Å². The van der Waals surface area contributed by atoms with E-state index in [0.29, 0.717) is 32.2 Å². The molecule has 198 valence electrons. The molecule has 1 aromatic carbocycles. The molecule has 5 rings (SSSR count). The van der Waals surface area contributed by atoms with Gasteiger partial charge in [0.15, 0.2) is 5.65 Å². The van der Waals surface area contributed by atoms with Gasteiger partial charge in [-0.3, -0.25) is 0 Å². The molecule has 2 aliphatic rings. The van der Waals surface area contributed by atoms with E-state index >= 15 is 0 Å². The number of benzene rings is 1. The zero-order valence-electron chi connectivity index (χ0n) is 22.2. The van der Waals surface area contributed by atoms with Crippen LogP contribution >= 0.6 is 0 Å². The molecule has 1 N–H and O–H groups in total. The summed E-state index contributed by atoms with van der Waals surface area (Å²) in [6.07, 6.45) is 7.88. The monoisotopic (exact) mass is 507 g/mol. The molecule has 0 radical (unpaired) electrons. The van der Waals surface area contributed by atoms with E-state index < -0.39 is 0 Å². The van der Waals surface area contributed by atoms with Gasteiger partial charge >= 0.3 is 6.03 Å². The molecule has 8 nitrogen and oxygen atoms in total. The molecule has 1 saturated carbocycles. The van der Waals surface area contributed by atoms with Crippen LogP contribution in [0.3, 0.4) is 0 Å². The fourth-order valence-electron chi connectivity index (χ4n) is 5.59. The number of halogens is 1. The van der Waals surface area contributed by atoms with Gasteiger partial charge in [-0.1, -0.05) is 39.5 Å². The van der Waals surface area contributed by atoms with Crippen molar-refractivity contribution in [2.45, 2.75) is 77.7 Å². The lowest BCUT2D eigenvalue weighted by atomic mass is 9.96. The lowest BCUT2D eigenvalue weighted by molar-refractivity contribution is 0.186. The first kappa shape index (κ1) is 25.4. The highest BCUT2D eigenvalue weighted by Crippen LogP contribution is 2.32. The summed E-state index contributed by atoms with van der Waals surface area (Å²) in [5.74, 6) is 1.59. The highest BCUT2D eigenvalue weighted by atomic mass is 19.1. The number of piperazine rings is 1. The summed E-state index contributed by atoms with van der Waals surface area (Å²) in [6.45, 7) is 9.00. The highest BCUT2D eigenvalue weighted by Gasteiger charge is 2.28. The maximum atomic E-state index is 13.6. The molecule has 2 fully saturated rings. The van der Waals surface area contributed by atoms with Crippen molar-refractivity contribution in [3.05, 3.63) is 41.6 Å². The Morgan fingerprint density at radius 3 is 2.46 bits per heavy atom. The second kappa shape index (κ2) is 11.0. The van der Waals surface area contributed by atoms with E-state index in [1.54, 1.807) is 16.8 Å². The Balaban J connectivity index is 1.43. The van der Waals surface area contributed by atoms with Crippen LogP contribution in [0.4, 0.5) is 15.0 Å². The van der Waals surface area contributed by atoms with Crippen LogP contribution in [0.15, 0.2) is 24.3 Å². The molecule has 0 spiro atoms. The number of fused-ring (bicyclic) bond motifs is 1. The lowest BCUT2D eigenvalue weighted by Crippen LogP contribution is -2.54. The van der Waals surface area contributed by atoms with Crippen molar-refractivity contribution >= 4 is 22.9 Å². The number of urea groups is 1. The van der Waals surface area contributed by atoms with Gasteiger partial charge in [0, 0.05) is 38.1 Å². The largest absolute Gasteiger partial charge is 0.352 e. The molecular formula is C28H38FN7O. The molecule has 2 amide bonds. The van der Waals surface area contributed by atoms with Gasteiger partial charge in [0.2, 0.25) is 0 Å². The average Bonchev–Trinajstić information content (AvgIpc) is 3.25. The molecule has 1 atom stereocenters. The lowest BCUT2D eigenvalue weighted by Gasteiger charge is -2.37. The third-order valence-corrected chi connectivity index (χ3v) is 7.73. The van der Waals surface area contributed by atoms with Crippen LogP contribution in [0.1, 0.15) is 76.2 Å². The molecule has 1 saturated heterocycles. The third kappa shape index (κ3) is 5.40. The average molecular weight is 508 g/mol. The Morgan fingerprint density at radius 1 is 1.08 bits per heavy atom. The number of nitrogens with zero attached hydrogens (tertiary/aromatic N) is 6. The number of rotatable bonds is 6. The van der Waals surface area contributed by atoms with Gasteiger partial charge in [-0.25, -0.2) is 23.8 Å². The van der Waals surface area contributed by atoms with Crippen LogP contribution in [0.25, 0.3) is 16.7 Å². The van der Waals surface area contributed by atoms with Gasteiger partial charge in [0.1, 0.15) is 17.5 Å². The maximum absolute atomic E-state index is 13.6. The van der Waals surface area contributed by atoms with Gasteiger partial charge < -0.3 is 15.1 Å². The van der Waals surface area contributed by atoms with Gasteiger partial charge in [0.25, 0.3) is 0 Å². The van der Waals surface area contributed by atoms with Crippen LogP contribution in [-0.4, -0.2) is 62.9 Å². The summed E-state index contributed by atoms with van der Waals surface area (Å²) < 4.78 is 15.4. The number of aromatic nitrogens is 4. The fourth-order valence-corrected chi connectivity index (χ4v) is 5.59. The summed E-state index contributed by atoms with van der Waals surface area (Å²) in [6, 6.07) is 6.70. The number of hydrogen-bond acceptors (Lipinski definition) is 5. The first-order chi connectivity index (χ1) is 17.9. The number of anilines is 1. The van der Waals surface area contributed by atoms with Gasteiger partial charge in [-0.15, -0.1) is 0 Å². The van der Waals surface area contributed by atoms with Gasteiger partial charge in [-0.2, -0.15) is 5.10 Å². The molecule has 37 heavy (non-hydrogen) atoms. The van der Waals surface area contributed by atoms with Crippen molar-refractivity contribution in [2.75, 3.05) is 31.1 Å². The number of carbonyl (C=O) groups is 1. The normalized spacial score (nSPS) is 17.8. The first-order valence-electron chi connectivity index (χ1n) is 13.8. The predicted molar refractivity (Wildman–Crippen MR) is 144 cm³/mol. The van der Waals surface area contributed by atoms with Crippen LogP contribution in [0.2, 0.25) is 0 Å². The quantitative estimate of drug-likeness (QED) is 0.488. The van der Waals surface area contributed by atoms with E-state index in [1.807, 2.05) is 11.8 Å². The minimum Gasteiger partial charge on any atom is -0.352 e. The number of carbonyl (C=O) groups excluding carboxylic acids is 1. The SMILES string of the molecule is CCC[C@@H](C)c1nc(N2CCN(C(=O)NC3CCCCC3)CC2)c2c(C)nn(-c3ccc(F)cc3)c2n1. The Hall–Kier alpha value is -3.23. The van der Waals surface area contributed by atoms with Crippen molar-refractivity contribution < 1.29 is 9.18 Å². The second-order valence-electron chi connectivity index (χ2n) is 10.5. The van der Waals surface area contributed by atoms with Crippen LogP contribution in [0, 0.1) is 12.7 Å². The van der Waals surface area contributed by atoms with Crippen LogP contribution in [0.5, 0.6) is 0 Å². The maximum Gasteiger partial charge on any atom is 0.317 e. The van der Waals surface area contributed by atoms with Crippen LogP contribution in [-0.2, 0) is 0 Å². The van der Waals surface area contributed by atoms with Crippen molar-refractivity contribution in [3.8, 4) is 5.69 Å². The van der Waals surface area contributed by atoms with Crippen LogP contribution < -0.4 is 10.2 Å². The predicted octanol–water partition coefficient (Wildman–Crippen LogP) is 5.33. The zero-order valence-corrected chi connectivity index (χ0v) is 22.2. The van der Waals surface area contributed by atoms with E-state index in [1.165, 1.54) is 31.4 Å². The van der Waals surface area contributed by atoms with Crippen molar-refractivity contribution in [1.29, 1.82) is 0 Å². The van der Waals surface area contributed by atoms with E-state index in [4.69, 9.17) is 15.1 Å². The fraction of sp³-hybridized carbons (Fsp3) is 0.571. The molecule has 1 aliphatic heterocycles. The number of nitrogens with one attached hydrogen (secondary N) is 1. The number of aryl methyl sites for hydroxylation is 1. The molecule has 1 aliphatic carbocycles. The molecule has 0 unspecified atom stereocenters. The summed E-state index contributed by atoms with van der Waals surface area (Å²) >= 11 is 0. The van der Waals surface area contributed by atoms with E-state index in [2.05, 4.69) is 24.1 Å². The van der Waals surface area contributed by atoms with Crippen molar-refractivity contribution in [1.82, 2.24) is 30.0 Å². The zero-order chi connectivity index (χ0) is 25.9. The summed E-state index contributed by atoms with van der Waals surface area (Å²) in [4.78, 5) is 27.1. The van der Waals surface area contributed by atoms with E-state index in [-0.39, 0.29) is 17.8 Å². The smallest absolute Gasteiger partial charge is 0.317 e. The second-order valence-corrected chi connectivity index (χ2v) is 10.5.